The molecule has 2 heterocycles. The predicted molar refractivity (Wildman–Crippen MR) is 118 cm³/mol. The van der Waals surface area contributed by atoms with Crippen LogP contribution in [0.1, 0.15) is 47.7 Å². The first-order valence-corrected chi connectivity index (χ1v) is 10.5. The molecule has 1 aromatic carbocycles. The summed E-state index contributed by atoms with van der Waals surface area (Å²) in [6, 6.07) is 13.0. The summed E-state index contributed by atoms with van der Waals surface area (Å²) in [7, 11) is 0. The van der Waals surface area contributed by atoms with Crippen molar-refractivity contribution in [2.24, 2.45) is 0 Å². The SMILES string of the molecule is C/C(=C1/CCC(NC(=O)c2cccnc2)C1)c1cccc(Oc2ccc(C(F)(F)F)cn2)c1. The van der Waals surface area contributed by atoms with Crippen LogP contribution in [0.2, 0.25) is 0 Å². The number of carbonyl (C=O) groups is 1. The summed E-state index contributed by atoms with van der Waals surface area (Å²) in [5, 5.41) is 3.06. The van der Waals surface area contributed by atoms with E-state index in [0.717, 1.165) is 42.7 Å². The van der Waals surface area contributed by atoms with E-state index >= 15 is 0 Å². The third-order valence-corrected chi connectivity index (χ3v) is 5.63. The number of hydrogen-bond donors (Lipinski definition) is 1. The number of hydrogen-bond acceptors (Lipinski definition) is 4. The number of carbonyl (C=O) groups excluding carboxylic acids is 1. The molecule has 5 nitrogen and oxygen atoms in total. The Bertz CT molecular complexity index is 1160. The summed E-state index contributed by atoms with van der Waals surface area (Å²) in [6.07, 6.45) is 1.96. The molecular formula is C25H22F3N3O2. The predicted octanol–water partition coefficient (Wildman–Crippen LogP) is 6.04. The summed E-state index contributed by atoms with van der Waals surface area (Å²) >= 11 is 0. The number of nitrogens with one attached hydrogen (secondary N) is 1. The van der Waals surface area contributed by atoms with Crippen LogP contribution < -0.4 is 10.1 Å². The van der Waals surface area contributed by atoms with Crippen LogP contribution in [0.15, 0.2) is 72.7 Å². The lowest BCUT2D eigenvalue weighted by atomic mass is 10.00. The fourth-order valence-electron chi connectivity index (χ4n) is 3.81. The normalized spacial score (nSPS) is 17.5. The fraction of sp³-hybridized carbons (Fsp3) is 0.240. The van der Waals surface area contributed by atoms with Gasteiger partial charge in [0.1, 0.15) is 5.75 Å². The lowest BCUT2D eigenvalue weighted by molar-refractivity contribution is -0.137. The molecule has 2 aromatic heterocycles. The Morgan fingerprint density at radius 3 is 2.61 bits per heavy atom. The number of aromatic nitrogens is 2. The Labute approximate surface area is 189 Å². The number of nitrogens with zero attached hydrogens (tertiary/aromatic N) is 2. The van der Waals surface area contributed by atoms with Crippen LogP contribution >= 0.6 is 0 Å². The summed E-state index contributed by atoms with van der Waals surface area (Å²) in [5.74, 6) is 0.440. The maximum absolute atomic E-state index is 12.7. The number of allylic oxidation sites excluding steroid dienone is 1. The lowest BCUT2D eigenvalue weighted by Gasteiger charge is -2.13. The molecule has 1 amide bonds. The van der Waals surface area contributed by atoms with Gasteiger partial charge in [0.05, 0.1) is 11.1 Å². The number of rotatable bonds is 5. The molecule has 170 valence electrons. The Morgan fingerprint density at radius 1 is 1.09 bits per heavy atom. The third kappa shape index (κ3) is 5.58. The largest absolute Gasteiger partial charge is 0.439 e. The summed E-state index contributed by atoms with van der Waals surface area (Å²) < 4.78 is 43.8. The molecule has 1 fully saturated rings. The number of benzene rings is 1. The van der Waals surface area contributed by atoms with Crippen molar-refractivity contribution in [3.63, 3.8) is 0 Å². The molecule has 0 saturated heterocycles. The minimum Gasteiger partial charge on any atom is -0.439 e. The molecule has 8 heteroatoms. The van der Waals surface area contributed by atoms with Crippen LogP contribution in [0.25, 0.3) is 5.57 Å². The molecule has 3 aromatic rings. The third-order valence-electron chi connectivity index (χ3n) is 5.63. The number of halogens is 3. The van der Waals surface area contributed by atoms with E-state index in [2.05, 4.69) is 15.3 Å². The highest BCUT2D eigenvalue weighted by Crippen LogP contribution is 2.34. The monoisotopic (exact) mass is 453 g/mol. The van der Waals surface area contributed by atoms with E-state index < -0.39 is 11.7 Å². The van der Waals surface area contributed by atoms with Crippen LogP contribution in [-0.2, 0) is 6.18 Å². The average Bonchev–Trinajstić information content (AvgIpc) is 3.27. The van der Waals surface area contributed by atoms with Crippen molar-refractivity contribution in [3.05, 3.63) is 89.4 Å². The minimum atomic E-state index is -4.44. The van der Waals surface area contributed by atoms with Gasteiger partial charge < -0.3 is 10.1 Å². The van der Waals surface area contributed by atoms with Gasteiger partial charge in [-0.2, -0.15) is 13.2 Å². The number of ether oxygens (including phenoxy) is 1. The van der Waals surface area contributed by atoms with E-state index in [1.807, 2.05) is 25.1 Å². The molecule has 1 aliphatic rings. The van der Waals surface area contributed by atoms with E-state index in [9.17, 15) is 18.0 Å². The number of alkyl halides is 3. The maximum atomic E-state index is 12.7. The molecule has 0 bridgehead atoms. The van der Waals surface area contributed by atoms with Gasteiger partial charge in [0.2, 0.25) is 5.88 Å². The highest BCUT2D eigenvalue weighted by Gasteiger charge is 2.30. The van der Waals surface area contributed by atoms with E-state index in [1.54, 1.807) is 30.6 Å². The molecule has 0 radical (unpaired) electrons. The molecular weight excluding hydrogens is 431 g/mol. The van der Waals surface area contributed by atoms with Gasteiger partial charge >= 0.3 is 6.18 Å². The number of pyridine rings is 2. The Balaban J connectivity index is 1.43. The number of amides is 1. The van der Waals surface area contributed by atoms with E-state index in [4.69, 9.17) is 4.74 Å². The first-order chi connectivity index (χ1) is 15.8. The van der Waals surface area contributed by atoms with Gasteiger partial charge in [-0.05, 0) is 67.7 Å². The first kappa shape index (κ1) is 22.5. The minimum absolute atomic E-state index is 0.0541. The Kier molecular flexibility index (Phi) is 6.44. The van der Waals surface area contributed by atoms with Crippen molar-refractivity contribution in [2.75, 3.05) is 0 Å². The molecule has 0 aliphatic heterocycles. The van der Waals surface area contributed by atoms with Gasteiger partial charge in [-0.1, -0.05) is 17.7 Å². The maximum Gasteiger partial charge on any atom is 0.417 e. The van der Waals surface area contributed by atoms with Crippen molar-refractivity contribution in [2.45, 2.75) is 38.4 Å². The van der Waals surface area contributed by atoms with Gasteiger partial charge in [0.25, 0.3) is 5.91 Å². The highest BCUT2D eigenvalue weighted by atomic mass is 19.4. The van der Waals surface area contributed by atoms with Gasteiger partial charge in [-0.25, -0.2) is 4.98 Å². The van der Waals surface area contributed by atoms with Crippen molar-refractivity contribution in [3.8, 4) is 11.6 Å². The summed E-state index contributed by atoms with van der Waals surface area (Å²) in [6.45, 7) is 2.02. The first-order valence-electron chi connectivity index (χ1n) is 10.5. The smallest absolute Gasteiger partial charge is 0.417 e. The van der Waals surface area contributed by atoms with Crippen LogP contribution in [0.5, 0.6) is 11.6 Å². The zero-order valence-corrected chi connectivity index (χ0v) is 17.9. The molecule has 33 heavy (non-hydrogen) atoms. The van der Waals surface area contributed by atoms with Gasteiger partial charge in [0.15, 0.2) is 0 Å². The summed E-state index contributed by atoms with van der Waals surface area (Å²) in [4.78, 5) is 20.1. The highest BCUT2D eigenvalue weighted by molar-refractivity contribution is 5.94. The van der Waals surface area contributed by atoms with Crippen LogP contribution in [-0.4, -0.2) is 21.9 Å². The van der Waals surface area contributed by atoms with Crippen molar-refractivity contribution >= 4 is 11.5 Å². The van der Waals surface area contributed by atoms with E-state index in [1.165, 1.54) is 11.6 Å². The van der Waals surface area contributed by atoms with Gasteiger partial charge in [-0.3, -0.25) is 9.78 Å². The van der Waals surface area contributed by atoms with Gasteiger partial charge in [0, 0.05) is 30.7 Å². The van der Waals surface area contributed by atoms with E-state index in [0.29, 0.717) is 11.3 Å². The Morgan fingerprint density at radius 2 is 1.91 bits per heavy atom. The lowest BCUT2D eigenvalue weighted by Crippen LogP contribution is -2.32. The van der Waals surface area contributed by atoms with E-state index in [-0.39, 0.29) is 17.8 Å². The van der Waals surface area contributed by atoms with Crippen LogP contribution in [0.3, 0.4) is 0 Å². The molecule has 1 atom stereocenters. The van der Waals surface area contributed by atoms with Crippen LogP contribution in [0.4, 0.5) is 13.2 Å². The molecule has 1 saturated carbocycles. The van der Waals surface area contributed by atoms with Gasteiger partial charge in [-0.15, -0.1) is 0 Å². The second-order valence-electron chi connectivity index (χ2n) is 7.90. The van der Waals surface area contributed by atoms with Crippen molar-refractivity contribution in [1.82, 2.24) is 15.3 Å². The second-order valence-corrected chi connectivity index (χ2v) is 7.90. The molecule has 1 unspecified atom stereocenters. The standard InChI is InChI=1S/C25H22F3N3O2/c1-16(18-7-9-21(12-18)31-24(32)19-5-3-11-29-14-19)17-4-2-6-22(13-17)33-23-10-8-20(15-30-23)25(26,27)28/h2-6,8,10-11,13-15,21H,7,9,12H2,1H3,(H,31,32)/b18-16+. The fourth-order valence-corrected chi connectivity index (χ4v) is 3.81. The zero-order chi connectivity index (χ0) is 23.4. The molecule has 4 rings (SSSR count). The average molecular weight is 453 g/mol. The molecule has 0 spiro atoms. The van der Waals surface area contributed by atoms with Crippen molar-refractivity contribution < 1.29 is 22.7 Å². The molecule has 1 N–H and O–H groups in total. The van der Waals surface area contributed by atoms with Crippen molar-refractivity contribution in [1.29, 1.82) is 0 Å². The zero-order valence-electron chi connectivity index (χ0n) is 17.9. The summed E-state index contributed by atoms with van der Waals surface area (Å²) in [5.41, 5.74) is 3.01. The second kappa shape index (κ2) is 9.44. The van der Waals surface area contributed by atoms with Crippen LogP contribution in [0, 0.1) is 0 Å². The topological polar surface area (TPSA) is 64.1 Å². The molecule has 1 aliphatic carbocycles. The Hall–Kier alpha value is -3.68. The quantitative estimate of drug-likeness (QED) is 0.511.